The molecule has 1 aromatic heterocycles. The second-order valence-corrected chi connectivity index (χ2v) is 9.05. The molecule has 1 N–H and O–H groups in total. The number of aromatic carboxylic acids is 1. The van der Waals surface area contributed by atoms with Crippen LogP contribution in [0.5, 0.6) is 17.4 Å². The van der Waals surface area contributed by atoms with E-state index in [2.05, 4.69) is 14.6 Å². The molecule has 1 aliphatic heterocycles. The highest BCUT2D eigenvalue weighted by Crippen LogP contribution is 2.43. The van der Waals surface area contributed by atoms with Gasteiger partial charge in [0.2, 0.25) is 5.88 Å². The number of carbonyl (C=O) groups is 2. The van der Waals surface area contributed by atoms with E-state index in [0.29, 0.717) is 5.56 Å². The average molecular weight is 600 g/mol. The predicted molar refractivity (Wildman–Crippen MR) is 136 cm³/mol. The third-order valence-electron chi connectivity index (χ3n) is 6.21. The van der Waals surface area contributed by atoms with Crippen molar-refractivity contribution < 1.29 is 50.9 Å². The number of alkyl halides is 5. The van der Waals surface area contributed by atoms with Crippen LogP contribution in [-0.4, -0.2) is 40.1 Å². The third kappa shape index (κ3) is 5.75. The number of anilines is 1. The summed E-state index contributed by atoms with van der Waals surface area (Å²) in [4.78, 5) is 25.5. The van der Waals surface area contributed by atoms with Crippen molar-refractivity contribution in [1.29, 1.82) is 5.26 Å². The smallest absolute Gasteiger partial charge is 0.478 e. The van der Waals surface area contributed by atoms with Crippen LogP contribution < -0.4 is 19.1 Å². The highest BCUT2D eigenvalue weighted by Gasteiger charge is 2.44. The Balaban J connectivity index is 1.47. The Morgan fingerprint density at radius 1 is 1.05 bits per heavy atom. The van der Waals surface area contributed by atoms with Crippen molar-refractivity contribution in [3.8, 4) is 29.1 Å². The second kappa shape index (κ2) is 10.6. The van der Waals surface area contributed by atoms with Gasteiger partial charge in [-0.3, -0.25) is 4.79 Å². The Hall–Kier alpha value is -5.65. The van der Waals surface area contributed by atoms with Crippen molar-refractivity contribution >= 4 is 17.6 Å². The lowest BCUT2D eigenvalue weighted by atomic mass is 10.1. The van der Waals surface area contributed by atoms with Crippen LogP contribution in [0.4, 0.5) is 27.6 Å². The van der Waals surface area contributed by atoms with Crippen molar-refractivity contribution in [2.45, 2.75) is 19.1 Å². The Morgan fingerprint density at radius 2 is 1.74 bits per heavy atom. The molecule has 10 nitrogen and oxygen atoms in total. The van der Waals surface area contributed by atoms with E-state index in [1.165, 1.54) is 73.8 Å². The number of aromatic nitrogens is 2. The van der Waals surface area contributed by atoms with Gasteiger partial charge in [-0.25, -0.2) is 4.79 Å². The molecule has 43 heavy (non-hydrogen) atoms. The van der Waals surface area contributed by atoms with Crippen LogP contribution >= 0.6 is 0 Å². The number of benzene rings is 3. The number of nitrogens with zero attached hydrogens (tertiary/aromatic N) is 4. The van der Waals surface area contributed by atoms with Gasteiger partial charge in [-0.2, -0.15) is 28.2 Å². The number of carboxylic acid groups (broad SMARTS) is 1. The number of nitriles is 1. The molecule has 0 aliphatic carbocycles. The first-order chi connectivity index (χ1) is 20.3. The van der Waals surface area contributed by atoms with Gasteiger partial charge in [-0.05, 0) is 48.0 Å². The minimum atomic E-state index is -5.03. The van der Waals surface area contributed by atoms with E-state index in [4.69, 9.17) is 9.84 Å². The SMILES string of the molecule is CN(C(=O)c1cccc(-n2nc(C(F)(F)F)c(C#N)c2OCc2ccc(C(=O)O)cc2)c1)c1ccc2c(c1)OC(F)(F)O2. The molecule has 2 heterocycles. The number of fused-ring (bicyclic) bond motifs is 1. The van der Waals surface area contributed by atoms with E-state index in [-0.39, 0.29) is 40.6 Å². The molecule has 0 radical (unpaired) electrons. The topological polar surface area (TPSA) is 127 Å². The molecule has 220 valence electrons. The second-order valence-electron chi connectivity index (χ2n) is 9.05. The molecular formula is C28H17F5N4O6. The van der Waals surface area contributed by atoms with Gasteiger partial charge >= 0.3 is 18.4 Å². The Kier molecular flexibility index (Phi) is 7.14. The molecular weight excluding hydrogens is 583 g/mol. The molecule has 0 atom stereocenters. The third-order valence-corrected chi connectivity index (χ3v) is 6.21. The van der Waals surface area contributed by atoms with E-state index in [9.17, 15) is 36.8 Å². The van der Waals surface area contributed by atoms with Crippen LogP contribution in [0.2, 0.25) is 0 Å². The molecule has 0 saturated heterocycles. The number of carbonyl (C=O) groups excluding carboxylic acids is 1. The summed E-state index contributed by atoms with van der Waals surface area (Å²) in [6, 6.07) is 15.8. The van der Waals surface area contributed by atoms with Crippen LogP contribution in [0, 0.1) is 11.3 Å². The van der Waals surface area contributed by atoms with Gasteiger partial charge in [-0.1, -0.05) is 18.2 Å². The van der Waals surface area contributed by atoms with Crippen LogP contribution in [0.25, 0.3) is 5.69 Å². The fourth-order valence-electron chi connectivity index (χ4n) is 4.13. The van der Waals surface area contributed by atoms with Gasteiger partial charge in [0.05, 0.1) is 11.3 Å². The minimum absolute atomic E-state index is 0.0176. The van der Waals surface area contributed by atoms with Crippen LogP contribution in [0.3, 0.4) is 0 Å². The molecule has 3 aromatic carbocycles. The maximum Gasteiger partial charge on any atom is 0.586 e. The Labute approximate surface area is 238 Å². The molecule has 1 amide bonds. The van der Waals surface area contributed by atoms with Crippen LogP contribution in [0.15, 0.2) is 66.7 Å². The molecule has 1 aliphatic rings. The molecule has 0 saturated carbocycles. The lowest BCUT2D eigenvalue weighted by molar-refractivity contribution is -0.286. The normalized spacial score (nSPS) is 13.3. The quantitative estimate of drug-likeness (QED) is 0.270. The zero-order valence-corrected chi connectivity index (χ0v) is 21.7. The van der Waals surface area contributed by atoms with Crippen LogP contribution in [-0.2, 0) is 12.8 Å². The van der Waals surface area contributed by atoms with E-state index in [1.54, 1.807) is 0 Å². The Bertz CT molecular complexity index is 1780. The first kappa shape index (κ1) is 28.9. The van der Waals surface area contributed by atoms with Crippen molar-refractivity contribution in [3.05, 3.63) is 94.7 Å². The number of ether oxygens (including phenoxy) is 3. The first-order valence-electron chi connectivity index (χ1n) is 12.1. The molecule has 5 rings (SSSR count). The van der Waals surface area contributed by atoms with Crippen molar-refractivity contribution in [1.82, 2.24) is 9.78 Å². The van der Waals surface area contributed by atoms with E-state index in [1.807, 2.05) is 0 Å². The summed E-state index contributed by atoms with van der Waals surface area (Å²) in [5.74, 6) is -2.93. The summed E-state index contributed by atoms with van der Waals surface area (Å²) < 4.78 is 83.3. The fraction of sp³-hybridized carbons (Fsp3) is 0.143. The number of halogens is 5. The number of carboxylic acids is 1. The highest BCUT2D eigenvalue weighted by molar-refractivity contribution is 6.06. The molecule has 15 heteroatoms. The van der Waals surface area contributed by atoms with Gasteiger partial charge < -0.3 is 24.2 Å². The molecule has 0 spiro atoms. The molecule has 0 unspecified atom stereocenters. The lowest BCUT2D eigenvalue weighted by Gasteiger charge is -2.18. The van der Waals surface area contributed by atoms with Gasteiger partial charge in [0, 0.05) is 24.4 Å². The lowest BCUT2D eigenvalue weighted by Crippen LogP contribution is -2.26. The van der Waals surface area contributed by atoms with E-state index in [0.717, 1.165) is 15.6 Å². The summed E-state index contributed by atoms with van der Waals surface area (Å²) in [6.07, 6.45) is -8.89. The first-order valence-corrected chi connectivity index (χ1v) is 12.1. The number of amides is 1. The summed E-state index contributed by atoms with van der Waals surface area (Å²) in [7, 11) is 1.35. The number of hydrogen-bond acceptors (Lipinski definition) is 7. The maximum atomic E-state index is 13.8. The van der Waals surface area contributed by atoms with Gasteiger partial charge in [0.25, 0.3) is 5.91 Å². The Morgan fingerprint density at radius 3 is 2.40 bits per heavy atom. The van der Waals surface area contributed by atoms with Gasteiger partial charge in [0.15, 0.2) is 17.2 Å². The van der Waals surface area contributed by atoms with Crippen molar-refractivity contribution in [2.75, 3.05) is 11.9 Å². The average Bonchev–Trinajstić information content (AvgIpc) is 3.50. The summed E-state index contributed by atoms with van der Waals surface area (Å²) >= 11 is 0. The summed E-state index contributed by atoms with van der Waals surface area (Å²) in [5, 5.41) is 22.2. The minimum Gasteiger partial charge on any atom is -0.478 e. The number of rotatable bonds is 7. The molecule has 0 fully saturated rings. The van der Waals surface area contributed by atoms with E-state index >= 15 is 0 Å². The number of hydrogen-bond donors (Lipinski definition) is 1. The molecule has 0 bridgehead atoms. The van der Waals surface area contributed by atoms with Crippen LogP contribution in [0.1, 0.15) is 37.5 Å². The zero-order valence-electron chi connectivity index (χ0n) is 21.7. The largest absolute Gasteiger partial charge is 0.586 e. The highest BCUT2D eigenvalue weighted by atomic mass is 19.4. The standard InChI is InChI=1S/C28H17F5N4O6/c1-36(18-9-10-21-22(12-18)43-28(32,33)42-21)24(38)17-3-2-4-19(11-17)37-25(20(13-34)23(35-37)27(29,30)31)41-14-15-5-7-16(8-6-15)26(39)40/h2-12H,14H2,1H3,(H,39,40). The summed E-state index contributed by atoms with van der Waals surface area (Å²) in [5.41, 5.74) is -1.98. The predicted octanol–water partition coefficient (Wildman–Crippen LogP) is 5.64. The van der Waals surface area contributed by atoms with Gasteiger partial charge in [-0.15, -0.1) is 8.78 Å². The van der Waals surface area contributed by atoms with Crippen molar-refractivity contribution in [3.63, 3.8) is 0 Å². The van der Waals surface area contributed by atoms with Gasteiger partial charge in [0.1, 0.15) is 18.2 Å². The zero-order chi connectivity index (χ0) is 31.1. The monoisotopic (exact) mass is 600 g/mol. The van der Waals surface area contributed by atoms with Crippen molar-refractivity contribution in [2.24, 2.45) is 0 Å². The maximum absolute atomic E-state index is 13.8. The van der Waals surface area contributed by atoms with E-state index < -0.39 is 41.5 Å². The summed E-state index contributed by atoms with van der Waals surface area (Å²) in [6.45, 7) is -0.345. The fourth-order valence-corrected chi connectivity index (χ4v) is 4.13. The molecule has 4 aromatic rings.